The first-order valence-corrected chi connectivity index (χ1v) is 11.1. The van der Waals surface area contributed by atoms with E-state index in [-0.39, 0.29) is 28.7 Å². The largest absolute Gasteiger partial charge is 0.492 e. The second kappa shape index (κ2) is 9.33. The van der Waals surface area contributed by atoms with Crippen molar-refractivity contribution in [2.75, 3.05) is 23.4 Å². The standard InChI is InChI=1S/C23H27N5O4/c1-3-14-9-7-8-12-28(14)23-26-20-19(22(31)27-23)15(13-18(29)25-20)21(30)24-16-10-5-6-11-17(16)32-4-2/h5-6,10-11,14H,3-4,7-9,12-13H2,1-2H3,(H,24,30)(H,25,26,27,29,31). The predicted octanol–water partition coefficient (Wildman–Crippen LogP) is 1.28. The zero-order valence-corrected chi connectivity index (χ0v) is 18.3. The maximum absolute atomic E-state index is 13.1. The predicted molar refractivity (Wildman–Crippen MR) is 120 cm³/mol. The van der Waals surface area contributed by atoms with E-state index in [4.69, 9.17) is 4.74 Å². The van der Waals surface area contributed by atoms with Crippen LogP contribution in [0, 0.1) is 0 Å². The van der Waals surface area contributed by atoms with Crippen molar-refractivity contribution < 1.29 is 14.3 Å². The van der Waals surface area contributed by atoms with Crippen LogP contribution in [0.3, 0.4) is 0 Å². The summed E-state index contributed by atoms with van der Waals surface area (Å²) in [5.74, 6) is -0.143. The Bertz CT molecular complexity index is 1220. The number of amides is 2. The Morgan fingerprint density at radius 3 is 2.84 bits per heavy atom. The van der Waals surface area contributed by atoms with E-state index in [1.54, 1.807) is 24.3 Å². The van der Waals surface area contributed by atoms with E-state index in [2.05, 4.69) is 32.1 Å². The molecule has 1 fully saturated rings. The first-order valence-electron chi connectivity index (χ1n) is 11.1. The number of carbonyl (C=O) groups excluding carboxylic acids is 2. The topological polar surface area (TPSA) is 117 Å². The third kappa shape index (κ3) is 4.28. The number of aromatic amines is 1. The Labute approximate surface area is 185 Å². The Kier molecular flexibility index (Phi) is 6.34. The number of hydrogen-bond acceptors (Lipinski definition) is 6. The lowest BCUT2D eigenvalue weighted by Gasteiger charge is -2.35. The van der Waals surface area contributed by atoms with Crippen molar-refractivity contribution in [3.05, 3.63) is 45.3 Å². The molecule has 9 nitrogen and oxygen atoms in total. The number of nitrogens with one attached hydrogen (secondary N) is 2. The van der Waals surface area contributed by atoms with Crippen molar-refractivity contribution in [2.45, 2.75) is 52.0 Å². The minimum Gasteiger partial charge on any atom is -0.492 e. The summed E-state index contributed by atoms with van der Waals surface area (Å²) < 4.78 is 5.55. The summed E-state index contributed by atoms with van der Waals surface area (Å²) in [6.45, 7) is 5.16. The lowest BCUT2D eigenvalue weighted by atomic mass is 10.0. The molecule has 2 N–H and O–H groups in total. The number of rotatable bonds is 6. The van der Waals surface area contributed by atoms with Gasteiger partial charge in [0.15, 0.2) is 5.49 Å². The average molecular weight is 438 g/mol. The fourth-order valence-corrected chi connectivity index (χ4v) is 4.28. The SMILES string of the molecule is CCOc1ccccc1NC(=O)C1=c2c(nc(N3CCCCC3CC)[nH]c2=O)=NC(=O)C1. The number of hydrogen-bond donors (Lipinski definition) is 2. The summed E-state index contributed by atoms with van der Waals surface area (Å²) in [4.78, 5) is 51.8. The molecule has 168 valence electrons. The summed E-state index contributed by atoms with van der Waals surface area (Å²) in [6, 6.07) is 7.27. The molecule has 2 amide bonds. The molecule has 0 radical (unpaired) electrons. The van der Waals surface area contributed by atoms with Crippen LogP contribution in [0.2, 0.25) is 0 Å². The number of anilines is 2. The molecular weight excluding hydrogens is 410 g/mol. The average Bonchev–Trinajstić information content (AvgIpc) is 2.79. The molecule has 1 aromatic heterocycles. The molecular formula is C23H27N5O4. The van der Waals surface area contributed by atoms with E-state index in [1.165, 1.54) is 0 Å². The van der Waals surface area contributed by atoms with E-state index in [9.17, 15) is 14.4 Å². The van der Waals surface area contributed by atoms with Gasteiger partial charge in [-0.25, -0.2) is 0 Å². The summed E-state index contributed by atoms with van der Waals surface area (Å²) in [5.41, 5.74) is 0.0503. The van der Waals surface area contributed by atoms with Gasteiger partial charge in [0, 0.05) is 18.2 Å². The van der Waals surface area contributed by atoms with E-state index in [0.29, 0.717) is 24.0 Å². The molecule has 2 aliphatic rings. The molecule has 1 aromatic carbocycles. The fourth-order valence-electron chi connectivity index (χ4n) is 4.28. The third-order valence-electron chi connectivity index (χ3n) is 5.83. The van der Waals surface area contributed by atoms with Crippen LogP contribution in [-0.2, 0) is 9.59 Å². The first-order chi connectivity index (χ1) is 15.5. The van der Waals surface area contributed by atoms with Crippen LogP contribution in [0.5, 0.6) is 5.75 Å². The summed E-state index contributed by atoms with van der Waals surface area (Å²) in [6.07, 6.45) is 3.82. The molecule has 32 heavy (non-hydrogen) atoms. The van der Waals surface area contributed by atoms with E-state index >= 15 is 0 Å². The minimum absolute atomic E-state index is 0.00340. The smallest absolute Gasteiger partial charge is 0.262 e. The molecule has 1 unspecified atom stereocenters. The van der Waals surface area contributed by atoms with Crippen molar-refractivity contribution in [1.82, 2.24) is 9.97 Å². The van der Waals surface area contributed by atoms with Crippen LogP contribution in [0.15, 0.2) is 34.1 Å². The lowest BCUT2D eigenvalue weighted by molar-refractivity contribution is -0.118. The van der Waals surface area contributed by atoms with Gasteiger partial charge in [-0.3, -0.25) is 19.4 Å². The van der Waals surface area contributed by atoms with Gasteiger partial charge in [0.2, 0.25) is 5.95 Å². The number of para-hydroxylation sites is 2. The molecule has 0 aliphatic carbocycles. The van der Waals surface area contributed by atoms with E-state index < -0.39 is 17.4 Å². The van der Waals surface area contributed by atoms with Crippen molar-refractivity contribution in [2.24, 2.45) is 4.99 Å². The molecule has 1 saturated heterocycles. The Morgan fingerprint density at radius 1 is 1.25 bits per heavy atom. The van der Waals surface area contributed by atoms with Crippen molar-refractivity contribution >= 4 is 29.0 Å². The van der Waals surface area contributed by atoms with Crippen molar-refractivity contribution in [1.29, 1.82) is 0 Å². The zero-order chi connectivity index (χ0) is 22.7. The maximum Gasteiger partial charge on any atom is 0.262 e. The van der Waals surface area contributed by atoms with Gasteiger partial charge in [0.05, 0.1) is 23.9 Å². The van der Waals surface area contributed by atoms with Gasteiger partial charge in [-0.05, 0) is 44.7 Å². The third-order valence-corrected chi connectivity index (χ3v) is 5.83. The van der Waals surface area contributed by atoms with Gasteiger partial charge >= 0.3 is 0 Å². The minimum atomic E-state index is -0.550. The monoisotopic (exact) mass is 437 g/mol. The first kappa shape index (κ1) is 21.7. The van der Waals surface area contributed by atoms with Crippen molar-refractivity contribution in [3.63, 3.8) is 0 Å². The Morgan fingerprint density at radius 2 is 2.06 bits per heavy atom. The molecule has 2 aromatic rings. The second-order valence-electron chi connectivity index (χ2n) is 7.88. The molecule has 0 saturated carbocycles. The van der Waals surface area contributed by atoms with Crippen LogP contribution >= 0.6 is 0 Å². The molecule has 0 spiro atoms. The number of H-pyrrole nitrogens is 1. The molecule has 1 atom stereocenters. The number of ether oxygens (including phenoxy) is 1. The van der Waals surface area contributed by atoms with Crippen molar-refractivity contribution in [3.8, 4) is 5.75 Å². The van der Waals surface area contributed by atoms with Crippen LogP contribution < -0.4 is 31.2 Å². The van der Waals surface area contributed by atoms with Crippen LogP contribution in [-0.4, -0.2) is 41.0 Å². The quantitative estimate of drug-likeness (QED) is 0.703. The Balaban J connectivity index is 1.76. The second-order valence-corrected chi connectivity index (χ2v) is 7.88. The van der Waals surface area contributed by atoms with E-state index in [0.717, 1.165) is 32.2 Å². The number of carbonyl (C=O) groups is 2. The maximum atomic E-state index is 13.1. The van der Waals surface area contributed by atoms with Gasteiger partial charge in [-0.15, -0.1) is 0 Å². The molecule has 2 aliphatic heterocycles. The molecule has 9 heteroatoms. The van der Waals surface area contributed by atoms with Crippen LogP contribution in [0.25, 0.3) is 5.57 Å². The normalized spacial score (nSPS) is 18.1. The molecule has 3 heterocycles. The van der Waals surface area contributed by atoms with Gasteiger partial charge in [0.1, 0.15) is 5.75 Å². The number of piperidine rings is 1. The number of aromatic nitrogens is 2. The summed E-state index contributed by atoms with van der Waals surface area (Å²) >= 11 is 0. The summed E-state index contributed by atoms with van der Waals surface area (Å²) in [7, 11) is 0. The highest BCUT2D eigenvalue weighted by atomic mass is 16.5. The highest BCUT2D eigenvalue weighted by molar-refractivity contribution is 6.23. The van der Waals surface area contributed by atoms with E-state index in [1.807, 2.05) is 6.92 Å². The molecule has 4 rings (SSSR count). The van der Waals surface area contributed by atoms with Crippen LogP contribution in [0.1, 0.15) is 46.0 Å². The lowest BCUT2D eigenvalue weighted by Crippen LogP contribution is -2.52. The highest BCUT2D eigenvalue weighted by Gasteiger charge is 2.26. The van der Waals surface area contributed by atoms with Gasteiger partial charge in [-0.1, -0.05) is 19.1 Å². The van der Waals surface area contributed by atoms with Gasteiger partial charge in [-0.2, -0.15) is 9.98 Å². The summed E-state index contributed by atoms with van der Waals surface area (Å²) in [5, 5.41) is 2.81. The Hall–Kier alpha value is -3.49. The number of benzene rings is 1. The number of fused-ring (bicyclic) bond motifs is 1. The highest BCUT2D eigenvalue weighted by Crippen LogP contribution is 2.25. The fraction of sp³-hybridized carbons (Fsp3) is 0.435. The zero-order valence-electron chi connectivity index (χ0n) is 18.3. The van der Waals surface area contributed by atoms with Gasteiger partial charge in [0.25, 0.3) is 17.4 Å². The molecule has 0 bridgehead atoms. The van der Waals surface area contributed by atoms with Gasteiger partial charge < -0.3 is 15.0 Å². The number of nitrogens with zero attached hydrogens (tertiary/aromatic N) is 3. The van der Waals surface area contributed by atoms with Crippen LogP contribution in [0.4, 0.5) is 11.6 Å².